The van der Waals surface area contributed by atoms with Crippen LogP contribution < -0.4 is 0 Å². The van der Waals surface area contributed by atoms with E-state index >= 15 is 0 Å². The Hall–Kier alpha value is -2.44. The number of aromatic amines is 1. The number of hydrogen-bond acceptors (Lipinski definition) is 4. The number of aryl methyl sites for hydroxylation is 3. The summed E-state index contributed by atoms with van der Waals surface area (Å²) in [5, 5.41) is 14.0. The first-order valence-corrected chi connectivity index (χ1v) is 8.51. The highest BCUT2D eigenvalue weighted by Crippen LogP contribution is 2.16. The summed E-state index contributed by atoms with van der Waals surface area (Å²) in [7, 11) is 0. The molecule has 0 saturated heterocycles. The fourth-order valence-electron chi connectivity index (χ4n) is 3.05. The zero-order chi connectivity index (χ0) is 17.8. The summed E-state index contributed by atoms with van der Waals surface area (Å²) in [4.78, 5) is 9.67. The number of nitrogens with one attached hydrogen (secondary N) is 1. The molecule has 0 radical (unpaired) electrons. The van der Waals surface area contributed by atoms with Crippen LogP contribution in [0, 0.1) is 20.8 Å². The fourth-order valence-corrected chi connectivity index (χ4v) is 3.05. The molecular formula is C19H25N5O. The van der Waals surface area contributed by atoms with Gasteiger partial charge in [-0.2, -0.15) is 5.10 Å². The Labute approximate surface area is 148 Å². The predicted octanol–water partition coefficient (Wildman–Crippen LogP) is 2.52. The molecule has 1 aromatic carbocycles. The van der Waals surface area contributed by atoms with Crippen molar-refractivity contribution in [1.82, 2.24) is 24.6 Å². The van der Waals surface area contributed by atoms with E-state index in [-0.39, 0.29) is 6.61 Å². The van der Waals surface area contributed by atoms with Gasteiger partial charge in [-0.25, -0.2) is 9.67 Å². The quantitative estimate of drug-likeness (QED) is 0.694. The standard InChI is InChI=1S/C19H25N5O/c1-14-9-15(2)24(22-14)18-6-4-5-17(10-18)11-23(7-8-25)12-19-16(3)20-13-21-19/h4-6,9-10,13,25H,7-8,11-12H2,1-3H3,(H,20,21). The summed E-state index contributed by atoms with van der Waals surface area (Å²) in [6.45, 7) is 8.27. The number of aliphatic hydroxyl groups is 1. The van der Waals surface area contributed by atoms with Crippen LogP contribution >= 0.6 is 0 Å². The summed E-state index contributed by atoms with van der Waals surface area (Å²) in [5.41, 5.74) is 6.46. The highest BCUT2D eigenvalue weighted by atomic mass is 16.3. The van der Waals surface area contributed by atoms with Crippen LogP contribution in [0.4, 0.5) is 0 Å². The van der Waals surface area contributed by atoms with Crippen molar-refractivity contribution in [3.05, 3.63) is 65.0 Å². The minimum Gasteiger partial charge on any atom is -0.395 e. The minimum absolute atomic E-state index is 0.126. The maximum absolute atomic E-state index is 9.40. The molecule has 0 bridgehead atoms. The molecule has 3 aromatic rings. The first kappa shape index (κ1) is 17.4. The average molecular weight is 339 g/mol. The molecule has 0 aliphatic heterocycles. The lowest BCUT2D eigenvalue weighted by molar-refractivity contribution is 0.183. The Bertz CT molecular complexity index is 836. The molecule has 6 nitrogen and oxygen atoms in total. The Morgan fingerprint density at radius 2 is 2.00 bits per heavy atom. The second-order valence-corrected chi connectivity index (χ2v) is 6.42. The first-order valence-electron chi connectivity index (χ1n) is 8.51. The third-order valence-electron chi connectivity index (χ3n) is 4.29. The van der Waals surface area contributed by atoms with Gasteiger partial charge >= 0.3 is 0 Å². The Balaban J connectivity index is 1.79. The predicted molar refractivity (Wildman–Crippen MR) is 97.6 cm³/mol. The summed E-state index contributed by atoms with van der Waals surface area (Å²) in [6, 6.07) is 10.5. The van der Waals surface area contributed by atoms with Crippen LogP contribution in [0.3, 0.4) is 0 Å². The molecule has 2 N–H and O–H groups in total. The smallest absolute Gasteiger partial charge is 0.0925 e. The zero-order valence-corrected chi connectivity index (χ0v) is 15.0. The fraction of sp³-hybridized carbons (Fsp3) is 0.368. The molecule has 3 rings (SSSR count). The van der Waals surface area contributed by atoms with Crippen LogP contribution in [0.1, 0.15) is 28.3 Å². The van der Waals surface area contributed by atoms with Gasteiger partial charge in [0.15, 0.2) is 0 Å². The maximum Gasteiger partial charge on any atom is 0.0925 e. The van der Waals surface area contributed by atoms with Gasteiger partial charge in [-0.15, -0.1) is 0 Å². The summed E-state index contributed by atoms with van der Waals surface area (Å²) in [6.07, 6.45) is 1.71. The molecule has 0 fully saturated rings. The molecule has 25 heavy (non-hydrogen) atoms. The number of imidazole rings is 1. The van der Waals surface area contributed by atoms with E-state index in [9.17, 15) is 5.11 Å². The van der Waals surface area contributed by atoms with E-state index in [0.717, 1.165) is 35.0 Å². The van der Waals surface area contributed by atoms with E-state index in [4.69, 9.17) is 0 Å². The van der Waals surface area contributed by atoms with Gasteiger partial charge in [0.05, 0.1) is 30.0 Å². The largest absolute Gasteiger partial charge is 0.395 e. The summed E-state index contributed by atoms with van der Waals surface area (Å²) in [5.74, 6) is 0. The van der Waals surface area contributed by atoms with Crippen molar-refractivity contribution in [3.8, 4) is 5.69 Å². The lowest BCUT2D eigenvalue weighted by Gasteiger charge is -2.21. The molecule has 2 heterocycles. The highest BCUT2D eigenvalue weighted by molar-refractivity contribution is 5.37. The number of aliphatic hydroxyl groups excluding tert-OH is 1. The Kier molecular flexibility index (Phi) is 5.31. The van der Waals surface area contributed by atoms with Gasteiger partial charge < -0.3 is 10.1 Å². The van der Waals surface area contributed by atoms with E-state index < -0.39 is 0 Å². The zero-order valence-electron chi connectivity index (χ0n) is 15.0. The van der Waals surface area contributed by atoms with Crippen molar-refractivity contribution in [1.29, 1.82) is 0 Å². The molecule has 0 aliphatic carbocycles. The van der Waals surface area contributed by atoms with Crippen LogP contribution in [0.25, 0.3) is 5.69 Å². The molecule has 0 atom stereocenters. The van der Waals surface area contributed by atoms with E-state index in [0.29, 0.717) is 13.1 Å². The summed E-state index contributed by atoms with van der Waals surface area (Å²) >= 11 is 0. The topological polar surface area (TPSA) is 70.0 Å². The van der Waals surface area contributed by atoms with Crippen molar-refractivity contribution in [2.45, 2.75) is 33.9 Å². The van der Waals surface area contributed by atoms with Crippen LogP contribution in [0.2, 0.25) is 0 Å². The van der Waals surface area contributed by atoms with Crippen LogP contribution in [-0.2, 0) is 13.1 Å². The number of benzene rings is 1. The van der Waals surface area contributed by atoms with Gasteiger partial charge in [0.25, 0.3) is 0 Å². The molecule has 0 spiro atoms. The van der Waals surface area contributed by atoms with Crippen LogP contribution in [0.5, 0.6) is 0 Å². The molecular weight excluding hydrogens is 314 g/mol. The van der Waals surface area contributed by atoms with Gasteiger partial charge in [0.2, 0.25) is 0 Å². The highest BCUT2D eigenvalue weighted by Gasteiger charge is 2.11. The van der Waals surface area contributed by atoms with Gasteiger partial charge in [-0.05, 0) is 44.5 Å². The summed E-state index contributed by atoms with van der Waals surface area (Å²) < 4.78 is 1.97. The average Bonchev–Trinajstić information content (AvgIpc) is 3.13. The van der Waals surface area contributed by atoms with E-state index in [1.54, 1.807) is 6.33 Å². The maximum atomic E-state index is 9.40. The number of H-pyrrole nitrogens is 1. The number of nitrogens with zero attached hydrogens (tertiary/aromatic N) is 4. The Morgan fingerprint density at radius 1 is 1.16 bits per heavy atom. The van der Waals surface area contributed by atoms with Gasteiger partial charge in [0, 0.05) is 31.0 Å². The monoisotopic (exact) mass is 339 g/mol. The normalized spacial score (nSPS) is 11.4. The van der Waals surface area contributed by atoms with Crippen LogP contribution in [-0.4, -0.2) is 42.9 Å². The number of hydrogen-bond donors (Lipinski definition) is 2. The molecule has 2 aromatic heterocycles. The Morgan fingerprint density at radius 3 is 2.64 bits per heavy atom. The SMILES string of the molecule is Cc1cc(C)n(-c2cccc(CN(CCO)Cc3nc[nH]c3C)c2)n1. The third-order valence-corrected chi connectivity index (χ3v) is 4.29. The third kappa shape index (κ3) is 4.15. The molecule has 0 unspecified atom stereocenters. The van der Waals surface area contributed by atoms with E-state index in [2.05, 4.69) is 57.2 Å². The molecule has 0 saturated carbocycles. The van der Waals surface area contributed by atoms with Crippen molar-refractivity contribution in [3.63, 3.8) is 0 Å². The van der Waals surface area contributed by atoms with E-state index in [1.807, 2.05) is 18.5 Å². The van der Waals surface area contributed by atoms with E-state index in [1.165, 1.54) is 5.56 Å². The van der Waals surface area contributed by atoms with Crippen molar-refractivity contribution < 1.29 is 5.11 Å². The van der Waals surface area contributed by atoms with Crippen LogP contribution in [0.15, 0.2) is 36.7 Å². The van der Waals surface area contributed by atoms with Gasteiger partial charge in [-0.3, -0.25) is 4.90 Å². The van der Waals surface area contributed by atoms with Gasteiger partial charge in [-0.1, -0.05) is 12.1 Å². The van der Waals surface area contributed by atoms with Gasteiger partial charge in [0.1, 0.15) is 0 Å². The van der Waals surface area contributed by atoms with Crippen molar-refractivity contribution in [2.24, 2.45) is 0 Å². The van der Waals surface area contributed by atoms with Crippen molar-refractivity contribution in [2.75, 3.05) is 13.2 Å². The van der Waals surface area contributed by atoms with Crippen molar-refractivity contribution >= 4 is 0 Å². The second-order valence-electron chi connectivity index (χ2n) is 6.42. The molecule has 0 aliphatic rings. The number of rotatable bonds is 7. The first-order chi connectivity index (χ1) is 12.1. The molecule has 6 heteroatoms. The lowest BCUT2D eigenvalue weighted by Crippen LogP contribution is -2.26. The molecule has 132 valence electrons. The second kappa shape index (κ2) is 7.63. The minimum atomic E-state index is 0.126. The lowest BCUT2D eigenvalue weighted by atomic mass is 10.1. The number of aromatic nitrogens is 4. The molecule has 0 amide bonds.